The van der Waals surface area contributed by atoms with E-state index in [1.165, 1.54) is 0 Å². The van der Waals surface area contributed by atoms with Crippen molar-refractivity contribution >= 4 is 17.9 Å². The van der Waals surface area contributed by atoms with Crippen LogP contribution in [0, 0.1) is 5.92 Å². The van der Waals surface area contributed by atoms with E-state index in [-0.39, 0.29) is 17.9 Å². The number of likely N-dealkylation sites (N-methyl/N-ethyl adjacent to an activating group) is 1. The van der Waals surface area contributed by atoms with Crippen LogP contribution in [0.3, 0.4) is 0 Å². The van der Waals surface area contributed by atoms with Crippen molar-refractivity contribution in [3.63, 3.8) is 0 Å². The summed E-state index contributed by atoms with van der Waals surface area (Å²) in [6.45, 7) is 7.91. The molecule has 2 N–H and O–H groups in total. The summed E-state index contributed by atoms with van der Waals surface area (Å²) in [4.78, 5) is 36.2. The number of carboxylic acids is 2. The molecule has 0 amide bonds. The molecule has 0 aromatic carbocycles. The monoisotopic (exact) mass is 428 g/mol. The Morgan fingerprint density at radius 1 is 1.10 bits per heavy atom. The highest BCUT2D eigenvalue weighted by atomic mass is 19.4. The highest BCUT2D eigenvalue weighted by Crippen LogP contribution is 2.19. The van der Waals surface area contributed by atoms with Gasteiger partial charge in [0.15, 0.2) is 0 Å². The fourth-order valence-corrected chi connectivity index (χ4v) is 2.65. The number of alkyl halides is 3. The lowest BCUT2D eigenvalue weighted by Gasteiger charge is -2.35. The van der Waals surface area contributed by atoms with Crippen LogP contribution < -0.4 is 0 Å². The van der Waals surface area contributed by atoms with E-state index in [4.69, 9.17) is 19.7 Å². The van der Waals surface area contributed by atoms with Crippen LogP contribution in [0.2, 0.25) is 0 Å². The van der Waals surface area contributed by atoms with Gasteiger partial charge in [-0.25, -0.2) is 4.79 Å². The molecule has 0 spiro atoms. The number of carbonyl (C=O) groups is 3. The highest BCUT2D eigenvalue weighted by Gasteiger charge is 2.38. The lowest BCUT2D eigenvalue weighted by atomic mass is 9.96. The molecule has 0 saturated carbocycles. The molecular weight excluding hydrogens is 397 g/mol. The third kappa shape index (κ3) is 12.3. The van der Waals surface area contributed by atoms with E-state index in [1.54, 1.807) is 0 Å². The van der Waals surface area contributed by atoms with Crippen LogP contribution in [0.5, 0.6) is 0 Å². The maximum atomic E-state index is 12.0. The van der Waals surface area contributed by atoms with Crippen LogP contribution >= 0.6 is 0 Å². The molecule has 1 atom stereocenters. The van der Waals surface area contributed by atoms with Crippen LogP contribution in [0.25, 0.3) is 0 Å². The summed E-state index contributed by atoms with van der Waals surface area (Å²) in [5, 5.41) is 16.2. The molecule has 0 unspecified atom stereocenters. The van der Waals surface area contributed by atoms with E-state index in [9.17, 15) is 22.8 Å². The van der Waals surface area contributed by atoms with E-state index in [0.29, 0.717) is 19.3 Å². The number of hydrogen-bond acceptors (Lipinski definition) is 6. The average molecular weight is 428 g/mol. The van der Waals surface area contributed by atoms with Crippen molar-refractivity contribution < 1.29 is 42.5 Å². The second-order valence-electron chi connectivity index (χ2n) is 8.12. The van der Waals surface area contributed by atoms with Crippen LogP contribution in [-0.2, 0) is 19.1 Å². The van der Waals surface area contributed by atoms with Gasteiger partial charge in [-0.3, -0.25) is 9.59 Å². The molecular formula is C18H31F3N2O6. The minimum atomic E-state index is -5.08. The predicted molar refractivity (Wildman–Crippen MR) is 98.4 cm³/mol. The Hall–Kier alpha value is -1.88. The molecule has 1 fully saturated rings. The molecule has 1 heterocycles. The van der Waals surface area contributed by atoms with Gasteiger partial charge in [0.2, 0.25) is 0 Å². The van der Waals surface area contributed by atoms with Crippen molar-refractivity contribution in [1.82, 2.24) is 9.80 Å². The third-order valence-electron chi connectivity index (χ3n) is 4.20. The largest absolute Gasteiger partial charge is 0.490 e. The van der Waals surface area contributed by atoms with Crippen LogP contribution in [-0.4, -0.2) is 89.5 Å². The van der Waals surface area contributed by atoms with E-state index in [1.807, 2.05) is 39.8 Å². The van der Waals surface area contributed by atoms with Gasteiger partial charge in [-0.1, -0.05) is 0 Å². The first kappa shape index (κ1) is 27.1. The lowest BCUT2D eigenvalue weighted by molar-refractivity contribution is -0.192. The Morgan fingerprint density at radius 2 is 1.55 bits per heavy atom. The molecule has 1 aliphatic rings. The molecule has 1 saturated heterocycles. The first-order chi connectivity index (χ1) is 13.0. The molecule has 29 heavy (non-hydrogen) atoms. The number of likely N-dealkylation sites (tertiary alicyclic amines) is 1. The fraction of sp³-hybridized carbons (Fsp3) is 0.833. The van der Waals surface area contributed by atoms with Gasteiger partial charge in [0.1, 0.15) is 5.60 Å². The number of esters is 1. The Morgan fingerprint density at radius 3 is 1.86 bits per heavy atom. The summed E-state index contributed by atoms with van der Waals surface area (Å²) < 4.78 is 37.1. The minimum Gasteiger partial charge on any atom is -0.481 e. The Bertz CT molecular complexity index is 553. The van der Waals surface area contributed by atoms with Gasteiger partial charge < -0.3 is 24.7 Å². The Kier molecular flexibility index (Phi) is 10.6. The summed E-state index contributed by atoms with van der Waals surface area (Å²) in [5.74, 6) is -3.86. The summed E-state index contributed by atoms with van der Waals surface area (Å²) in [7, 11) is 3.91. The lowest BCUT2D eigenvalue weighted by Crippen LogP contribution is -2.46. The first-order valence-electron chi connectivity index (χ1n) is 9.16. The molecule has 11 heteroatoms. The van der Waals surface area contributed by atoms with Crippen LogP contribution in [0.4, 0.5) is 13.2 Å². The van der Waals surface area contributed by atoms with Gasteiger partial charge >= 0.3 is 24.1 Å². The topological polar surface area (TPSA) is 107 Å². The van der Waals surface area contributed by atoms with Gasteiger partial charge in [-0.2, -0.15) is 13.2 Å². The van der Waals surface area contributed by atoms with E-state index < -0.39 is 23.7 Å². The maximum Gasteiger partial charge on any atom is 0.490 e. The molecule has 0 aliphatic carbocycles. The molecule has 0 radical (unpaired) electrons. The Labute approximate surface area is 168 Å². The van der Waals surface area contributed by atoms with Gasteiger partial charge in [0.05, 0.1) is 12.3 Å². The number of piperidine rings is 1. The smallest absolute Gasteiger partial charge is 0.481 e. The van der Waals surface area contributed by atoms with Crippen molar-refractivity contribution in [1.29, 1.82) is 0 Å². The third-order valence-corrected chi connectivity index (χ3v) is 4.20. The number of rotatable bonds is 6. The Balaban J connectivity index is 0.000000956. The van der Waals surface area contributed by atoms with Gasteiger partial charge in [0.25, 0.3) is 0 Å². The van der Waals surface area contributed by atoms with Gasteiger partial charge in [0, 0.05) is 12.6 Å². The minimum absolute atomic E-state index is 0.0798. The number of nitrogens with zero attached hydrogens (tertiary/aromatic N) is 2. The van der Waals surface area contributed by atoms with Crippen molar-refractivity contribution in [3.8, 4) is 0 Å². The van der Waals surface area contributed by atoms with Gasteiger partial charge in [-0.15, -0.1) is 0 Å². The molecule has 0 aromatic heterocycles. The second-order valence-corrected chi connectivity index (χ2v) is 8.12. The zero-order valence-electron chi connectivity index (χ0n) is 17.5. The van der Waals surface area contributed by atoms with Crippen molar-refractivity contribution in [3.05, 3.63) is 0 Å². The van der Waals surface area contributed by atoms with E-state index >= 15 is 0 Å². The average Bonchev–Trinajstić information content (AvgIpc) is 2.52. The fourth-order valence-electron chi connectivity index (χ4n) is 2.65. The zero-order chi connectivity index (χ0) is 23.0. The van der Waals surface area contributed by atoms with Gasteiger partial charge in [-0.05, 0) is 60.8 Å². The normalized spacial score (nSPS) is 17.3. The molecule has 0 bridgehead atoms. The summed E-state index contributed by atoms with van der Waals surface area (Å²) >= 11 is 0. The molecule has 170 valence electrons. The standard InChI is InChI=1S/C16H30N2O4.C2HF3O2/c1-16(2,3)22-14(19)10-13(17(4)5)11-18-8-6-12(7-9-18)15(20)21;3-2(4,5)1(6)7/h12-13H,6-11H2,1-5H3,(H,20,21);(H,6,7)/t13-;/m0./s1. The van der Waals surface area contributed by atoms with Crippen LogP contribution in [0.15, 0.2) is 0 Å². The number of carbonyl (C=O) groups excluding carboxylic acids is 1. The summed E-state index contributed by atoms with van der Waals surface area (Å²) in [6.07, 6.45) is -3.37. The molecule has 1 rings (SSSR count). The van der Waals surface area contributed by atoms with Crippen molar-refractivity contribution in [2.75, 3.05) is 33.7 Å². The predicted octanol–water partition coefficient (Wildman–Crippen LogP) is 2.08. The SMILES string of the molecule is CN(C)[C@@H](CC(=O)OC(C)(C)C)CN1CCC(C(=O)O)CC1.O=C(O)C(F)(F)F. The second kappa shape index (κ2) is 11.3. The quantitative estimate of drug-likeness (QED) is 0.620. The molecule has 1 aliphatic heterocycles. The van der Waals surface area contributed by atoms with Crippen molar-refractivity contribution in [2.24, 2.45) is 5.92 Å². The molecule has 8 nitrogen and oxygen atoms in total. The van der Waals surface area contributed by atoms with Crippen molar-refractivity contribution in [2.45, 2.75) is 57.9 Å². The van der Waals surface area contributed by atoms with Crippen LogP contribution in [0.1, 0.15) is 40.0 Å². The zero-order valence-corrected chi connectivity index (χ0v) is 17.5. The summed E-state index contributed by atoms with van der Waals surface area (Å²) in [5.41, 5.74) is -0.465. The summed E-state index contributed by atoms with van der Waals surface area (Å²) in [6, 6.07) is 0.0798. The number of hydrogen-bond donors (Lipinski definition) is 2. The van der Waals surface area contributed by atoms with E-state index in [0.717, 1.165) is 19.6 Å². The maximum absolute atomic E-state index is 12.0. The number of aliphatic carboxylic acids is 2. The number of ether oxygens (including phenoxy) is 1. The first-order valence-corrected chi connectivity index (χ1v) is 9.16. The molecule has 0 aromatic rings. The highest BCUT2D eigenvalue weighted by molar-refractivity contribution is 5.73. The number of carboxylic acid groups (broad SMARTS) is 2. The number of halogens is 3. The van der Waals surface area contributed by atoms with E-state index in [2.05, 4.69) is 4.90 Å².